The van der Waals surface area contributed by atoms with Gasteiger partial charge in [0, 0.05) is 13.1 Å². The summed E-state index contributed by atoms with van der Waals surface area (Å²) in [7, 11) is 1.59. The van der Waals surface area contributed by atoms with Crippen molar-refractivity contribution in [2.24, 2.45) is 5.92 Å². The number of carbonyl (C=O) groups is 2. The topological polar surface area (TPSA) is 67.9 Å². The molecule has 1 atom stereocenters. The lowest BCUT2D eigenvalue weighted by atomic mass is 10.1. The zero-order valence-electron chi connectivity index (χ0n) is 18.5. The number of aryl methyl sites for hydroxylation is 1. The quantitative estimate of drug-likeness (QED) is 0.648. The zero-order chi connectivity index (χ0) is 22.1. The SMILES string of the molecule is COc1ccc(OCC(=O)N(Cc2cccc(C)c2)[C@@H](C)C(=O)NCC(C)C)cc1. The van der Waals surface area contributed by atoms with Gasteiger partial charge in [-0.3, -0.25) is 9.59 Å². The number of hydrogen-bond acceptors (Lipinski definition) is 4. The molecule has 0 aliphatic carbocycles. The van der Waals surface area contributed by atoms with E-state index in [0.717, 1.165) is 11.1 Å². The summed E-state index contributed by atoms with van der Waals surface area (Å²) in [4.78, 5) is 27.2. The fourth-order valence-corrected chi connectivity index (χ4v) is 2.94. The van der Waals surface area contributed by atoms with Gasteiger partial charge in [-0.2, -0.15) is 0 Å². The summed E-state index contributed by atoms with van der Waals surface area (Å²) in [6, 6.07) is 14.3. The monoisotopic (exact) mass is 412 g/mol. The van der Waals surface area contributed by atoms with Gasteiger partial charge in [-0.15, -0.1) is 0 Å². The maximum Gasteiger partial charge on any atom is 0.261 e. The van der Waals surface area contributed by atoms with E-state index in [-0.39, 0.29) is 18.4 Å². The summed E-state index contributed by atoms with van der Waals surface area (Å²) >= 11 is 0. The van der Waals surface area contributed by atoms with Crippen molar-refractivity contribution in [2.75, 3.05) is 20.3 Å². The van der Waals surface area contributed by atoms with Crippen molar-refractivity contribution in [3.05, 3.63) is 59.7 Å². The van der Waals surface area contributed by atoms with Gasteiger partial charge < -0.3 is 19.7 Å². The van der Waals surface area contributed by atoms with Gasteiger partial charge in [0.1, 0.15) is 17.5 Å². The normalized spacial score (nSPS) is 11.7. The summed E-state index contributed by atoms with van der Waals surface area (Å²) in [5.74, 6) is 1.19. The number of benzene rings is 2. The molecule has 0 fully saturated rings. The number of rotatable bonds is 10. The van der Waals surface area contributed by atoms with Gasteiger partial charge in [0.2, 0.25) is 5.91 Å². The van der Waals surface area contributed by atoms with E-state index in [4.69, 9.17) is 9.47 Å². The number of methoxy groups -OCH3 is 1. The molecule has 0 aromatic heterocycles. The molecule has 0 aliphatic rings. The lowest BCUT2D eigenvalue weighted by Crippen LogP contribution is -2.49. The van der Waals surface area contributed by atoms with Crippen molar-refractivity contribution < 1.29 is 19.1 Å². The average Bonchev–Trinajstić information content (AvgIpc) is 2.74. The number of ether oxygens (including phenoxy) is 2. The molecule has 2 aromatic carbocycles. The van der Waals surface area contributed by atoms with Crippen molar-refractivity contribution >= 4 is 11.8 Å². The summed E-state index contributed by atoms with van der Waals surface area (Å²) in [5, 5.41) is 2.91. The van der Waals surface area contributed by atoms with E-state index in [9.17, 15) is 9.59 Å². The van der Waals surface area contributed by atoms with Crippen LogP contribution in [0.2, 0.25) is 0 Å². The largest absolute Gasteiger partial charge is 0.497 e. The van der Waals surface area contributed by atoms with Gasteiger partial charge in [-0.25, -0.2) is 0 Å². The molecule has 0 heterocycles. The Morgan fingerprint density at radius 3 is 2.30 bits per heavy atom. The molecule has 0 spiro atoms. The third-order valence-electron chi connectivity index (χ3n) is 4.71. The van der Waals surface area contributed by atoms with Crippen LogP contribution in [0, 0.1) is 12.8 Å². The first-order valence-corrected chi connectivity index (χ1v) is 10.2. The highest BCUT2D eigenvalue weighted by Gasteiger charge is 2.26. The number of hydrogen-bond donors (Lipinski definition) is 1. The van der Waals surface area contributed by atoms with Gasteiger partial charge in [0.15, 0.2) is 6.61 Å². The lowest BCUT2D eigenvalue weighted by Gasteiger charge is -2.29. The first-order valence-electron chi connectivity index (χ1n) is 10.2. The first kappa shape index (κ1) is 23.3. The Morgan fingerprint density at radius 1 is 1.03 bits per heavy atom. The third kappa shape index (κ3) is 7.10. The highest BCUT2D eigenvalue weighted by molar-refractivity contribution is 5.87. The summed E-state index contributed by atoms with van der Waals surface area (Å²) in [6.07, 6.45) is 0. The van der Waals surface area contributed by atoms with Crippen LogP contribution in [0.15, 0.2) is 48.5 Å². The second-order valence-electron chi connectivity index (χ2n) is 7.79. The van der Waals surface area contributed by atoms with Crippen molar-refractivity contribution in [3.8, 4) is 11.5 Å². The highest BCUT2D eigenvalue weighted by Crippen LogP contribution is 2.18. The standard InChI is InChI=1S/C24H32N2O4/c1-17(2)14-25-24(28)19(4)26(15-20-8-6-7-18(3)13-20)23(27)16-30-22-11-9-21(29-5)10-12-22/h6-13,17,19H,14-16H2,1-5H3,(H,25,28)/t19-/m0/s1. The smallest absolute Gasteiger partial charge is 0.261 e. The van der Waals surface area contributed by atoms with E-state index < -0.39 is 6.04 Å². The maximum atomic E-state index is 13.0. The molecule has 162 valence electrons. The van der Waals surface area contributed by atoms with Crippen LogP contribution < -0.4 is 14.8 Å². The molecule has 2 amide bonds. The van der Waals surface area contributed by atoms with Crippen LogP contribution >= 0.6 is 0 Å². The molecular formula is C24H32N2O4. The number of nitrogens with zero attached hydrogens (tertiary/aromatic N) is 1. The second kappa shape index (κ2) is 11.2. The molecule has 0 aliphatic heterocycles. The fraction of sp³-hybridized carbons (Fsp3) is 0.417. The van der Waals surface area contributed by atoms with Crippen LogP contribution in [0.5, 0.6) is 11.5 Å². The zero-order valence-corrected chi connectivity index (χ0v) is 18.5. The minimum absolute atomic E-state index is 0.153. The van der Waals surface area contributed by atoms with Gasteiger partial charge in [0.25, 0.3) is 5.91 Å². The van der Waals surface area contributed by atoms with E-state index in [1.807, 2.05) is 45.0 Å². The minimum atomic E-state index is -0.615. The molecule has 6 nitrogen and oxygen atoms in total. The van der Waals surface area contributed by atoms with Gasteiger partial charge >= 0.3 is 0 Å². The van der Waals surface area contributed by atoms with Gasteiger partial charge in [-0.1, -0.05) is 43.7 Å². The molecule has 0 bridgehead atoms. The van der Waals surface area contributed by atoms with Crippen LogP contribution in [0.25, 0.3) is 0 Å². The fourth-order valence-electron chi connectivity index (χ4n) is 2.94. The number of amides is 2. The van der Waals surface area contributed by atoms with E-state index >= 15 is 0 Å². The molecule has 0 unspecified atom stereocenters. The van der Waals surface area contributed by atoms with Gasteiger partial charge in [-0.05, 0) is 49.6 Å². The Bertz CT molecular complexity index is 833. The average molecular weight is 413 g/mol. The van der Waals surface area contributed by atoms with Crippen LogP contribution in [-0.4, -0.2) is 43.0 Å². The predicted molar refractivity (Wildman–Crippen MR) is 118 cm³/mol. The van der Waals surface area contributed by atoms with E-state index in [0.29, 0.717) is 30.5 Å². The highest BCUT2D eigenvalue weighted by atomic mass is 16.5. The number of nitrogens with one attached hydrogen (secondary N) is 1. The Labute approximate surface area is 179 Å². The summed E-state index contributed by atoms with van der Waals surface area (Å²) in [5.41, 5.74) is 2.07. The molecule has 2 aromatic rings. The third-order valence-corrected chi connectivity index (χ3v) is 4.71. The second-order valence-corrected chi connectivity index (χ2v) is 7.79. The molecular weight excluding hydrogens is 380 g/mol. The van der Waals surface area contributed by atoms with E-state index in [1.54, 1.807) is 43.2 Å². The summed E-state index contributed by atoms with van der Waals surface area (Å²) < 4.78 is 10.8. The maximum absolute atomic E-state index is 13.0. The van der Waals surface area contributed by atoms with Crippen LogP contribution in [0.1, 0.15) is 31.9 Å². The Morgan fingerprint density at radius 2 is 1.70 bits per heavy atom. The van der Waals surface area contributed by atoms with Crippen LogP contribution in [-0.2, 0) is 16.1 Å². The Hall–Kier alpha value is -3.02. The molecule has 6 heteroatoms. The molecule has 2 rings (SSSR count). The minimum Gasteiger partial charge on any atom is -0.497 e. The van der Waals surface area contributed by atoms with E-state index in [1.165, 1.54) is 0 Å². The lowest BCUT2D eigenvalue weighted by molar-refractivity contribution is -0.142. The van der Waals surface area contributed by atoms with Crippen molar-refractivity contribution in [1.29, 1.82) is 0 Å². The van der Waals surface area contributed by atoms with Crippen molar-refractivity contribution in [1.82, 2.24) is 10.2 Å². The molecule has 30 heavy (non-hydrogen) atoms. The van der Waals surface area contributed by atoms with Crippen LogP contribution in [0.3, 0.4) is 0 Å². The van der Waals surface area contributed by atoms with E-state index in [2.05, 4.69) is 5.32 Å². The van der Waals surface area contributed by atoms with Crippen molar-refractivity contribution in [2.45, 2.75) is 40.3 Å². The number of carbonyl (C=O) groups excluding carboxylic acids is 2. The van der Waals surface area contributed by atoms with Crippen molar-refractivity contribution in [3.63, 3.8) is 0 Å². The molecule has 0 saturated heterocycles. The van der Waals surface area contributed by atoms with Crippen LogP contribution in [0.4, 0.5) is 0 Å². The molecule has 0 saturated carbocycles. The summed E-state index contributed by atoms with van der Waals surface area (Å²) in [6.45, 7) is 8.56. The Kier molecular flexibility index (Phi) is 8.71. The molecule has 0 radical (unpaired) electrons. The molecule has 1 N–H and O–H groups in total. The van der Waals surface area contributed by atoms with Gasteiger partial charge in [0.05, 0.1) is 7.11 Å². The predicted octanol–water partition coefficient (Wildman–Crippen LogP) is 3.57. The Balaban J connectivity index is 2.11. The first-order chi connectivity index (χ1) is 14.3.